The second-order valence-corrected chi connectivity index (χ2v) is 8.75. The van der Waals surface area contributed by atoms with Gasteiger partial charge in [-0.15, -0.1) is 5.10 Å². The first-order valence-corrected chi connectivity index (χ1v) is 10.6. The normalized spacial score (nSPS) is 22.8. The molecule has 0 bridgehead atoms. The summed E-state index contributed by atoms with van der Waals surface area (Å²) in [6.45, 7) is 8.68. The maximum atomic E-state index is 12.5. The van der Waals surface area contributed by atoms with Crippen LogP contribution in [0.25, 0.3) is 5.69 Å². The Balaban J connectivity index is 1.62. The lowest BCUT2D eigenvalue weighted by Crippen LogP contribution is -2.36. The summed E-state index contributed by atoms with van der Waals surface area (Å²) in [6.07, 6.45) is 3.33. The molecule has 1 aromatic heterocycles. The zero-order valence-corrected chi connectivity index (χ0v) is 17.3. The number of aryl methyl sites for hydroxylation is 1. The largest absolute Gasteiger partial charge is 0.461 e. The van der Waals surface area contributed by atoms with E-state index in [9.17, 15) is 4.79 Å². The number of rotatable bonds is 6. The third kappa shape index (κ3) is 4.89. The van der Waals surface area contributed by atoms with Gasteiger partial charge in [-0.2, -0.15) is 4.68 Å². The molecule has 1 heterocycles. The van der Waals surface area contributed by atoms with Crippen LogP contribution < -0.4 is 0 Å². The van der Waals surface area contributed by atoms with E-state index in [0.717, 1.165) is 24.1 Å². The van der Waals surface area contributed by atoms with E-state index in [1.54, 1.807) is 4.68 Å². The molecule has 6 nitrogen and oxygen atoms in total. The zero-order chi connectivity index (χ0) is 19.4. The van der Waals surface area contributed by atoms with E-state index in [4.69, 9.17) is 4.74 Å². The Morgan fingerprint density at radius 3 is 2.85 bits per heavy atom. The number of hydrogen-bond donors (Lipinski definition) is 0. The summed E-state index contributed by atoms with van der Waals surface area (Å²) in [5.41, 5.74) is 1.99. The van der Waals surface area contributed by atoms with Gasteiger partial charge in [0.05, 0.1) is 11.4 Å². The van der Waals surface area contributed by atoms with Crippen molar-refractivity contribution < 1.29 is 9.53 Å². The number of ether oxygens (including phenoxy) is 1. The van der Waals surface area contributed by atoms with Crippen LogP contribution in [0, 0.1) is 24.7 Å². The number of hydrogen-bond acceptors (Lipinski definition) is 6. The van der Waals surface area contributed by atoms with Crippen LogP contribution in [0.3, 0.4) is 0 Å². The van der Waals surface area contributed by atoms with Gasteiger partial charge in [0.25, 0.3) is 0 Å². The number of nitrogens with zero attached hydrogens (tertiary/aromatic N) is 4. The van der Waals surface area contributed by atoms with Gasteiger partial charge in [-0.1, -0.05) is 57.2 Å². The van der Waals surface area contributed by atoms with Crippen molar-refractivity contribution in [3.8, 4) is 5.69 Å². The molecular formula is C20H28N4O2S. The third-order valence-electron chi connectivity index (χ3n) is 5.35. The number of tetrazole rings is 1. The Hall–Kier alpha value is -1.89. The highest BCUT2D eigenvalue weighted by atomic mass is 32.2. The molecule has 2 aromatic rings. The minimum atomic E-state index is -0.191. The molecule has 27 heavy (non-hydrogen) atoms. The van der Waals surface area contributed by atoms with Crippen molar-refractivity contribution in [3.63, 3.8) is 0 Å². The number of esters is 1. The fourth-order valence-corrected chi connectivity index (χ4v) is 4.46. The van der Waals surface area contributed by atoms with Crippen molar-refractivity contribution in [3.05, 3.63) is 29.8 Å². The molecule has 1 aliphatic carbocycles. The predicted molar refractivity (Wildman–Crippen MR) is 106 cm³/mol. The van der Waals surface area contributed by atoms with Crippen LogP contribution in [0.4, 0.5) is 0 Å². The first kappa shape index (κ1) is 19.9. The molecule has 146 valence electrons. The lowest BCUT2D eigenvalue weighted by atomic mass is 9.75. The molecule has 0 unspecified atom stereocenters. The molecular weight excluding hydrogens is 360 g/mol. The average Bonchev–Trinajstić information content (AvgIpc) is 3.08. The number of para-hydroxylation sites is 1. The third-order valence-corrected chi connectivity index (χ3v) is 6.24. The summed E-state index contributed by atoms with van der Waals surface area (Å²) in [4.78, 5) is 12.5. The Morgan fingerprint density at radius 1 is 1.33 bits per heavy atom. The first-order valence-electron chi connectivity index (χ1n) is 9.62. The van der Waals surface area contributed by atoms with E-state index in [2.05, 4.69) is 36.3 Å². The Labute approximate surface area is 165 Å². The Morgan fingerprint density at radius 2 is 2.11 bits per heavy atom. The molecule has 3 rings (SSSR count). The lowest BCUT2D eigenvalue weighted by Gasteiger charge is -2.36. The molecule has 7 heteroatoms. The molecule has 3 atom stereocenters. The maximum Gasteiger partial charge on any atom is 0.316 e. The molecule has 0 aliphatic heterocycles. The van der Waals surface area contributed by atoms with Crippen molar-refractivity contribution in [1.29, 1.82) is 0 Å². The molecule has 0 amide bonds. The summed E-state index contributed by atoms with van der Waals surface area (Å²) in [7, 11) is 0. The van der Waals surface area contributed by atoms with Gasteiger partial charge in [0.15, 0.2) is 0 Å². The predicted octanol–water partition coefficient (Wildman–Crippen LogP) is 4.07. The molecule has 0 saturated heterocycles. The number of benzene rings is 1. The second kappa shape index (κ2) is 8.87. The van der Waals surface area contributed by atoms with Crippen LogP contribution in [0.5, 0.6) is 0 Å². The van der Waals surface area contributed by atoms with Crippen molar-refractivity contribution in [2.75, 3.05) is 5.75 Å². The number of carbonyl (C=O) groups is 1. The van der Waals surface area contributed by atoms with Crippen molar-refractivity contribution in [2.45, 2.75) is 58.2 Å². The highest BCUT2D eigenvalue weighted by Gasteiger charge is 2.33. The van der Waals surface area contributed by atoms with Gasteiger partial charge in [0, 0.05) is 0 Å². The van der Waals surface area contributed by atoms with E-state index in [1.165, 1.54) is 18.2 Å². The molecule has 1 aliphatic rings. The molecule has 0 radical (unpaired) electrons. The lowest BCUT2D eigenvalue weighted by molar-refractivity contribution is -0.152. The summed E-state index contributed by atoms with van der Waals surface area (Å²) in [5, 5.41) is 12.5. The van der Waals surface area contributed by atoms with Gasteiger partial charge >= 0.3 is 5.97 Å². The highest BCUT2D eigenvalue weighted by molar-refractivity contribution is 7.99. The van der Waals surface area contributed by atoms with Crippen LogP contribution in [-0.2, 0) is 9.53 Å². The second-order valence-electron chi connectivity index (χ2n) is 7.80. The van der Waals surface area contributed by atoms with E-state index in [1.807, 2.05) is 31.2 Å². The SMILES string of the molecule is Cc1ccccc1-n1nnnc1SCC(=O)O[C@@H]1C[C@@H](C)CC[C@H]1C(C)C. The van der Waals surface area contributed by atoms with Crippen LogP contribution in [0.1, 0.15) is 45.6 Å². The number of carbonyl (C=O) groups excluding carboxylic acids is 1. The van der Waals surface area contributed by atoms with Crippen molar-refractivity contribution >= 4 is 17.7 Å². The quantitative estimate of drug-likeness (QED) is 0.549. The van der Waals surface area contributed by atoms with Crippen LogP contribution in [-0.4, -0.2) is 38.0 Å². The zero-order valence-electron chi connectivity index (χ0n) is 16.5. The molecule has 0 spiro atoms. The fraction of sp³-hybridized carbons (Fsp3) is 0.600. The highest BCUT2D eigenvalue weighted by Crippen LogP contribution is 2.35. The molecule has 1 fully saturated rings. The van der Waals surface area contributed by atoms with Gasteiger partial charge in [0.1, 0.15) is 6.10 Å². The van der Waals surface area contributed by atoms with Crippen molar-refractivity contribution in [2.24, 2.45) is 17.8 Å². The minimum absolute atomic E-state index is 0.0224. The Kier molecular flexibility index (Phi) is 6.52. The van der Waals surface area contributed by atoms with E-state index in [-0.39, 0.29) is 17.8 Å². The monoisotopic (exact) mass is 388 g/mol. The summed E-state index contributed by atoms with van der Waals surface area (Å²) >= 11 is 1.32. The topological polar surface area (TPSA) is 69.9 Å². The van der Waals surface area contributed by atoms with E-state index < -0.39 is 0 Å². The van der Waals surface area contributed by atoms with Crippen LogP contribution >= 0.6 is 11.8 Å². The first-order chi connectivity index (χ1) is 13.0. The van der Waals surface area contributed by atoms with Crippen LogP contribution in [0.2, 0.25) is 0 Å². The summed E-state index contributed by atoms with van der Waals surface area (Å²) in [6, 6.07) is 7.90. The van der Waals surface area contributed by atoms with E-state index >= 15 is 0 Å². The van der Waals surface area contributed by atoms with Crippen LogP contribution in [0.15, 0.2) is 29.4 Å². The van der Waals surface area contributed by atoms with E-state index in [0.29, 0.717) is 22.9 Å². The molecule has 1 saturated carbocycles. The molecule has 1 aromatic carbocycles. The smallest absolute Gasteiger partial charge is 0.316 e. The Bertz CT molecular complexity index is 777. The fourth-order valence-electron chi connectivity index (χ4n) is 3.80. The van der Waals surface area contributed by atoms with Gasteiger partial charge in [-0.3, -0.25) is 4.79 Å². The molecule has 0 N–H and O–H groups in total. The standard InChI is InChI=1S/C20H28N4O2S/c1-13(2)16-10-9-14(3)11-18(16)26-19(25)12-27-20-21-22-23-24(20)17-8-6-5-7-15(17)4/h5-8,13-14,16,18H,9-12H2,1-4H3/t14-,16-,18+/m0/s1. The summed E-state index contributed by atoms with van der Waals surface area (Å²) in [5.74, 6) is 1.61. The van der Waals surface area contributed by atoms with Gasteiger partial charge in [-0.25, -0.2) is 0 Å². The maximum absolute atomic E-state index is 12.5. The van der Waals surface area contributed by atoms with Crippen molar-refractivity contribution in [1.82, 2.24) is 20.2 Å². The van der Waals surface area contributed by atoms with Gasteiger partial charge < -0.3 is 4.74 Å². The average molecular weight is 389 g/mol. The van der Waals surface area contributed by atoms with Gasteiger partial charge in [0.2, 0.25) is 5.16 Å². The minimum Gasteiger partial charge on any atom is -0.461 e. The number of aromatic nitrogens is 4. The summed E-state index contributed by atoms with van der Waals surface area (Å²) < 4.78 is 7.54. The number of thioether (sulfide) groups is 1. The van der Waals surface area contributed by atoms with Gasteiger partial charge in [-0.05, 0) is 59.6 Å².